The topological polar surface area (TPSA) is 26.3 Å². The van der Waals surface area contributed by atoms with E-state index >= 15 is 0 Å². The Labute approximate surface area is 129 Å². The smallest absolute Gasteiger partial charge is 0.169 e. The summed E-state index contributed by atoms with van der Waals surface area (Å²) in [6.45, 7) is 0.665. The molecule has 20 heavy (non-hydrogen) atoms. The molecule has 0 bridgehead atoms. The van der Waals surface area contributed by atoms with Crippen LogP contribution in [0.4, 0.5) is 0 Å². The van der Waals surface area contributed by atoms with Gasteiger partial charge in [0.2, 0.25) is 0 Å². The monoisotopic (exact) mass is 312 g/mol. The van der Waals surface area contributed by atoms with Crippen molar-refractivity contribution in [3.8, 4) is 0 Å². The number of ketones is 1. The Balaban J connectivity index is 1.83. The minimum absolute atomic E-state index is 0.0146. The van der Waals surface area contributed by atoms with Gasteiger partial charge in [-0.25, -0.2) is 0 Å². The van der Waals surface area contributed by atoms with E-state index in [2.05, 4.69) is 0 Å². The van der Waals surface area contributed by atoms with Gasteiger partial charge in [0.25, 0.3) is 0 Å². The lowest BCUT2D eigenvalue weighted by molar-refractivity contribution is -0.0866. The first-order valence-electron chi connectivity index (χ1n) is 7.23. The van der Waals surface area contributed by atoms with Gasteiger partial charge >= 0.3 is 0 Å². The molecular formula is C16H18Cl2O2. The number of ether oxygens (including phenoxy) is 1. The molecule has 1 saturated carbocycles. The number of benzene rings is 1. The Bertz CT molecular complexity index is 501. The molecule has 1 aromatic rings. The molecule has 4 heteroatoms. The van der Waals surface area contributed by atoms with Gasteiger partial charge in [0.1, 0.15) is 0 Å². The summed E-state index contributed by atoms with van der Waals surface area (Å²) in [5, 5.41) is 0.906. The van der Waals surface area contributed by atoms with Crippen LogP contribution in [0.2, 0.25) is 10.0 Å². The lowest BCUT2D eigenvalue weighted by atomic mass is 9.80. The van der Waals surface area contributed by atoms with Crippen LogP contribution in [0.1, 0.15) is 48.9 Å². The molecule has 108 valence electrons. The summed E-state index contributed by atoms with van der Waals surface area (Å²) in [4.78, 5) is 12.8. The van der Waals surface area contributed by atoms with Crippen LogP contribution in [0.25, 0.3) is 0 Å². The average Bonchev–Trinajstić information content (AvgIpc) is 2.86. The lowest BCUT2D eigenvalue weighted by Crippen LogP contribution is -2.39. The molecule has 0 N–H and O–H groups in total. The summed E-state index contributed by atoms with van der Waals surface area (Å²) in [5.41, 5.74) is 0.419. The van der Waals surface area contributed by atoms with E-state index in [-0.39, 0.29) is 17.3 Å². The van der Waals surface area contributed by atoms with E-state index in [9.17, 15) is 4.79 Å². The van der Waals surface area contributed by atoms with E-state index in [0.29, 0.717) is 22.2 Å². The first kappa shape index (κ1) is 14.4. The highest BCUT2D eigenvalue weighted by Crippen LogP contribution is 2.43. The van der Waals surface area contributed by atoms with Gasteiger partial charge in [-0.2, -0.15) is 0 Å². The first-order chi connectivity index (χ1) is 9.61. The predicted molar refractivity (Wildman–Crippen MR) is 80.7 cm³/mol. The van der Waals surface area contributed by atoms with Crippen molar-refractivity contribution in [1.29, 1.82) is 0 Å². The third kappa shape index (κ3) is 2.61. The Morgan fingerprint density at radius 2 is 1.85 bits per heavy atom. The van der Waals surface area contributed by atoms with Crippen LogP contribution in [-0.2, 0) is 4.74 Å². The Morgan fingerprint density at radius 1 is 1.20 bits per heavy atom. The van der Waals surface area contributed by atoms with Crippen molar-refractivity contribution in [2.75, 3.05) is 6.61 Å². The summed E-state index contributed by atoms with van der Waals surface area (Å²) in [6, 6.07) is 5.22. The molecule has 1 aliphatic carbocycles. The van der Waals surface area contributed by atoms with Gasteiger partial charge in [-0.05, 0) is 37.8 Å². The number of carbonyl (C=O) groups is 1. The molecule has 3 rings (SSSR count). The third-order valence-electron chi connectivity index (χ3n) is 4.59. The highest BCUT2D eigenvalue weighted by Gasteiger charge is 2.42. The minimum atomic E-state index is -0.0632. The van der Waals surface area contributed by atoms with Crippen LogP contribution >= 0.6 is 23.2 Å². The normalized spacial score (nSPS) is 25.0. The van der Waals surface area contributed by atoms with Crippen LogP contribution in [0.15, 0.2) is 18.2 Å². The number of Topliss-reactive ketones (excluding diaryl/α,β-unsaturated/α-hetero) is 1. The highest BCUT2D eigenvalue weighted by atomic mass is 35.5. The fraction of sp³-hybridized carbons (Fsp3) is 0.562. The zero-order chi connectivity index (χ0) is 14.2. The van der Waals surface area contributed by atoms with Gasteiger partial charge < -0.3 is 4.74 Å². The fourth-order valence-electron chi connectivity index (χ4n) is 3.56. The first-order valence-corrected chi connectivity index (χ1v) is 7.99. The summed E-state index contributed by atoms with van der Waals surface area (Å²) in [7, 11) is 0. The van der Waals surface area contributed by atoms with Crippen molar-refractivity contribution in [1.82, 2.24) is 0 Å². The zero-order valence-corrected chi connectivity index (χ0v) is 12.8. The van der Waals surface area contributed by atoms with E-state index in [1.54, 1.807) is 18.2 Å². The lowest BCUT2D eigenvalue weighted by Gasteiger charge is -2.37. The number of carbonyl (C=O) groups excluding carboxylic acids is 1. The van der Waals surface area contributed by atoms with Crippen molar-refractivity contribution < 1.29 is 9.53 Å². The van der Waals surface area contributed by atoms with Gasteiger partial charge in [0.05, 0.1) is 21.2 Å². The summed E-state index contributed by atoms with van der Waals surface area (Å²) < 4.78 is 5.98. The standard InChI is InChI=1S/C16H18Cl2O2/c17-12-4-3-5-13(18)14(12)15(19)11-6-9-20-16(10-11)7-1-2-8-16/h3-5,11H,1-2,6-10H2. The van der Waals surface area contributed by atoms with Gasteiger partial charge in [0, 0.05) is 12.5 Å². The van der Waals surface area contributed by atoms with Gasteiger partial charge in [0.15, 0.2) is 5.78 Å². The van der Waals surface area contributed by atoms with Crippen LogP contribution < -0.4 is 0 Å². The maximum absolute atomic E-state index is 12.8. The number of hydrogen-bond acceptors (Lipinski definition) is 2. The molecule has 0 radical (unpaired) electrons. The van der Waals surface area contributed by atoms with E-state index in [0.717, 1.165) is 25.7 Å². The maximum Gasteiger partial charge on any atom is 0.169 e. The van der Waals surface area contributed by atoms with Crippen LogP contribution in [0, 0.1) is 5.92 Å². The van der Waals surface area contributed by atoms with Gasteiger partial charge in [-0.3, -0.25) is 4.79 Å². The van der Waals surface area contributed by atoms with E-state index < -0.39 is 0 Å². The highest BCUT2D eigenvalue weighted by molar-refractivity contribution is 6.39. The second kappa shape index (κ2) is 5.67. The number of hydrogen-bond donors (Lipinski definition) is 0. The molecule has 1 aromatic carbocycles. The predicted octanol–water partition coefficient (Wildman–Crippen LogP) is 4.92. The number of rotatable bonds is 2. The van der Waals surface area contributed by atoms with Crippen molar-refractivity contribution >= 4 is 29.0 Å². The molecular weight excluding hydrogens is 295 g/mol. The zero-order valence-electron chi connectivity index (χ0n) is 11.3. The quantitative estimate of drug-likeness (QED) is 0.725. The Kier molecular flexibility index (Phi) is 4.07. The fourth-order valence-corrected chi connectivity index (χ4v) is 4.14. The molecule has 1 heterocycles. The van der Waals surface area contributed by atoms with Crippen LogP contribution in [0.5, 0.6) is 0 Å². The summed E-state index contributed by atoms with van der Waals surface area (Å²) >= 11 is 12.3. The largest absolute Gasteiger partial charge is 0.375 e. The molecule has 0 amide bonds. The molecule has 2 fully saturated rings. The average molecular weight is 313 g/mol. The molecule has 1 unspecified atom stereocenters. The van der Waals surface area contributed by atoms with E-state index in [4.69, 9.17) is 27.9 Å². The molecule has 1 aliphatic heterocycles. The Morgan fingerprint density at radius 3 is 2.50 bits per heavy atom. The second-order valence-corrected chi connectivity index (χ2v) is 6.70. The molecule has 0 aromatic heterocycles. The van der Waals surface area contributed by atoms with Crippen molar-refractivity contribution in [2.24, 2.45) is 5.92 Å². The SMILES string of the molecule is O=C(c1c(Cl)cccc1Cl)C1CCOC2(CCCC2)C1. The van der Waals surface area contributed by atoms with Crippen molar-refractivity contribution in [3.63, 3.8) is 0 Å². The van der Waals surface area contributed by atoms with Crippen molar-refractivity contribution in [2.45, 2.75) is 44.1 Å². The van der Waals surface area contributed by atoms with Gasteiger partial charge in [-0.1, -0.05) is 42.1 Å². The van der Waals surface area contributed by atoms with Gasteiger partial charge in [-0.15, -0.1) is 0 Å². The van der Waals surface area contributed by atoms with Crippen LogP contribution in [0.3, 0.4) is 0 Å². The van der Waals surface area contributed by atoms with Crippen LogP contribution in [-0.4, -0.2) is 18.0 Å². The van der Waals surface area contributed by atoms with Crippen molar-refractivity contribution in [3.05, 3.63) is 33.8 Å². The number of halogens is 2. The second-order valence-electron chi connectivity index (χ2n) is 5.89. The minimum Gasteiger partial charge on any atom is -0.375 e. The third-order valence-corrected chi connectivity index (χ3v) is 5.22. The molecule has 2 aliphatic rings. The summed E-state index contributed by atoms with van der Waals surface area (Å²) in [6.07, 6.45) is 6.14. The Hall–Kier alpha value is -0.570. The molecule has 1 spiro atoms. The molecule has 1 atom stereocenters. The maximum atomic E-state index is 12.8. The van der Waals surface area contributed by atoms with E-state index in [1.807, 2.05) is 0 Å². The molecule has 1 saturated heterocycles. The van der Waals surface area contributed by atoms with E-state index in [1.165, 1.54) is 12.8 Å². The summed E-state index contributed by atoms with van der Waals surface area (Å²) in [5.74, 6) is 0.0643. The molecule has 2 nitrogen and oxygen atoms in total.